The van der Waals surface area contributed by atoms with Crippen molar-refractivity contribution in [2.45, 2.75) is 45.2 Å². The maximum absolute atomic E-state index is 13.2. The number of hydrogen-bond donors (Lipinski definition) is 1. The van der Waals surface area contributed by atoms with Gasteiger partial charge in [-0.1, -0.05) is 44.2 Å². The third-order valence-electron chi connectivity index (χ3n) is 6.29. The summed E-state index contributed by atoms with van der Waals surface area (Å²) in [6, 6.07) is 15.7. The lowest BCUT2D eigenvalue weighted by Crippen LogP contribution is -2.44. The lowest BCUT2D eigenvalue weighted by atomic mass is 10.0. The fourth-order valence-electron chi connectivity index (χ4n) is 4.66. The fourth-order valence-corrected chi connectivity index (χ4v) is 4.66. The van der Waals surface area contributed by atoms with Gasteiger partial charge in [0.05, 0.1) is 18.2 Å². The fraction of sp³-hybridized carbons (Fsp3) is 0.333. The zero-order valence-electron chi connectivity index (χ0n) is 16.8. The van der Waals surface area contributed by atoms with Crippen molar-refractivity contribution in [3.05, 3.63) is 65.4 Å². The summed E-state index contributed by atoms with van der Waals surface area (Å²) in [5.41, 5.74) is 5.52. The summed E-state index contributed by atoms with van der Waals surface area (Å²) in [7, 11) is 0. The molecule has 0 aliphatic carbocycles. The molecule has 0 radical (unpaired) electrons. The van der Waals surface area contributed by atoms with E-state index in [1.807, 2.05) is 30.3 Å². The molecular formula is C24H25N3O2. The van der Waals surface area contributed by atoms with Crippen molar-refractivity contribution in [3.63, 3.8) is 0 Å². The Morgan fingerprint density at radius 3 is 2.55 bits per heavy atom. The van der Waals surface area contributed by atoms with Crippen molar-refractivity contribution in [1.29, 1.82) is 0 Å². The number of hydrogen-bond acceptors (Lipinski definition) is 3. The van der Waals surface area contributed by atoms with Crippen LogP contribution >= 0.6 is 0 Å². The van der Waals surface area contributed by atoms with E-state index < -0.39 is 0 Å². The number of imide groups is 1. The van der Waals surface area contributed by atoms with Crippen LogP contribution in [0, 0.1) is 0 Å². The summed E-state index contributed by atoms with van der Waals surface area (Å²) in [5.74, 6) is 0.201. The van der Waals surface area contributed by atoms with Gasteiger partial charge in [-0.05, 0) is 41.7 Å². The van der Waals surface area contributed by atoms with Crippen molar-refractivity contribution < 1.29 is 9.59 Å². The van der Waals surface area contributed by atoms with Gasteiger partial charge in [0, 0.05) is 29.7 Å². The summed E-state index contributed by atoms with van der Waals surface area (Å²) < 4.78 is 0. The molecule has 1 saturated heterocycles. The molecule has 2 amide bonds. The van der Waals surface area contributed by atoms with Gasteiger partial charge in [0.25, 0.3) is 5.91 Å². The smallest absolute Gasteiger partial charge is 0.251 e. The molecule has 2 aliphatic rings. The van der Waals surface area contributed by atoms with Crippen molar-refractivity contribution >= 4 is 28.4 Å². The second-order valence-corrected chi connectivity index (χ2v) is 8.38. The summed E-state index contributed by atoms with van der Waals surface area (Å²) in [6.45, 7) is 5.73. The summed E-state index contributed by atoms with van der Waals surface area (Å²) in [6.07, 6.45) is 1.14. The van der Waals surface area contributed by atoms with Gasteiger partial charge >= 0.3 is 0 Å². The molecule has 2 aliphatic heterocycles. The predicted molar refractivity (Wildman–Crippen MR) is 114 cm³/mol. The first kappa shape index (κ1) is 18.1. The molecule has 3 aromatic rings. The van der Waals surface area contributed by atoms with E-state index in [0.29, 0.717) is 18.2 Å². The van der Waals surface area contributed by atoms with Gasteiger partial charge in [0.15, 0.2) is 0 Å². The average Bonchev–Trinajstić information content (AvgIpc) is 3.24. The molecule has 1 fully saturated rings. The number of anilines is 1. The number of carbonyl (C=O) groups is 2. The molecule has 148 valence electrons. The number of aromatic nitrogens is 1. The number of nitrogens with one attached hydrogen (secondary N) is 1. The first-order valence-electron chi connectivity index (χ1n) is 10.3. The van der Waals surface area contributed by atoms with E-state index in [1.165, 1.54) is 21.4 Å². The van der Waals surface area contributed by atoms with Crippen LogP contribution < -0.4 is 4.90 Å². The van der Waals surface area contributed by atoms with Crippen molar-refractivity contribution in [2.24, 2.45) is 0 Å². The van der Waals surface area contributed by atoms with Gasteiger partial charge in [0.2, 0.25) is 5.91 Å². The van der Waals surface area contributed by atoms with Gasteiger partial charge in [0.1, 0.15) is 0 Å². The number of para-hydroxylation sites is 1. The molecule has 0 spiro atoms. The Balaban J connectivity index is 1.38. The Hall–Kier alpha value is -2.92. The summed E-state index contributed by atoms with van der Waals surface area (Å²) >= 11 is 0. The van der Waals surface area contributed by atoms with Crippen LogP contribution in [0.4, 0.5) is 5.69 Å². The Morgan fingerprint density at radius 1 is 1.03 bits per heavy atom. The minimum Gasteiger partial charge on any atom is -0.357 e. The van der Waals surface area contributed by atoms with Crippen molar-refractivity contribution in [3.8, 4) is 0 Å². The van der Waals surface area contributed by atoms with Crippen molar-refractivity contribution in [1.82, 2.24) is 9.88 Å². The lowest BCUT2D eigenvalue weighted by molar-refractivity contribution is -0.123. The molecule has 5 heteroatoms. The molecule has 0 bridgehead atoms. The summed E-state index contributed by atoms with van der Waals surface area (Å²) in [5, 5.41) is 1.27. The first-order chi connectivity index (χ1) is 14.0. The zero-order chi connectivity index (χ0) is 20.1. The highest BCUT2D eigenvalue weighted by molar-refractivity contribution is 6.22. The van der Waals surface area contributed by atoms with Crippen molar-refractivity contribution in [2.75, 3.05) is 11.4 Å². The van der Waals surface area contributed by atoms with Gasteiger partial charge in [-0.3, -0.25) is 14.5 Å². The maximum atomic E-state index is 13.2. The lowest BCUT2D eigenvalue weighted by Gasteiger charge is -2.30. The number of fused-ring (bicyclic) bond motifs is 3. The maximum Gasteiger partial charge on any atom is 0.251 e. The van der Waals surface area contributed by atoms with E-state index in [1.54, 1.807) is 0 Å². The average molecular weight is 387 g/mol. The molecule has 5 rings (SSSR count). The Labute approximate surface area is 170 Å². The molecule has 1 aromatic heterocycles. The topological polar surface area (TPSA) is 56.4 Å². The molecule has 3 heterocycles. The molecule has 29 heavy (non-hydrogen) atoms. The zero-order valence-corrected chi connectivity index (χ0v) is 16.8. The second-order valence-electron chi connectivity index (χ2n) is 8.38. The van der Waals surface area contributed by atoms with Crippen LogP contribution in [-0.4, -0.2) is 34.3 Å². The second kappa shape index (κ2) is 6.85. The highest BCUT2D eigenvalue weighted by atomic mass is 16.2. The highest BCUT2D eigenvalue weighted by Gasteiger charge is 2.43. The van der Waals surface area contributed by atoms with Crippen LogP contribution in [-0.2, 0) is 22.6 Å². The van der Waals surface area contributed by atoms with E-state index >= 15 is 0 Å². The molecule has 2 aromatic carbocycles. The van der Waals surface area contributed by atoms with E-state index in [4.69, 9.17) is 0 Å². The molecule has 0 saturated carbocycles. The molecule has 1 atom stereocenters. The Bertz CT molecular complexity index is 1100. The third-order valence-corrected chi connectivity index (χ3v) is 6.29. The van der Waals surface area contributed by atoms with Crippen LogP contribution in [0.3, 0.4) is 0 Å². The van der Waals surface area contributed by atoms with Crippen LogP contribution in [0.1, 0.15) is 43.0 Å². The minimum absolute atomic E-state index is 0.105. The summed E-state index contributed by atoms with van der Waals surface area (Å²) in [4.78, 5) is 32.9. The predicted octanol–water partition coefficient (Wildman–Crippen LogP) is 3.98. The number of benzene rings is 2. The van der Waals surface area contributed by atoms with Gasteiger partial charge in [-0.25, -0.2) is 4.90 Å². The Morgan fingerprint density at radius 2 is 1.79 bits per heavy atom. The normalized spacial score (nSPS) is 20.1. The number of amides is 2. The molecular weight excluding hydrogens is 362 g/mol. The quantitative estimate of drug-likeness (QED) is 0.692. The molecule has 1 N–H and O–H groups in total. The first-order valence-corrected chi connectivity index (χ1v) is 10.3. The monoisotopic (exact) mass is 387 g/mol. The van der Waals surface area contributed by atoms with Gasteiger partial charge in [-0.2, -0.15) is 0 Å². The van der Waals surface area contributed by atoms with E-state index in [2.05, 4.69) is 41.9 Å². The van der Waals surface area contributed by atoms with Crippen LogP contribution in [0.25, 0.3) is 10.9 Å². The van der Waals surface area contributed by atoms with Gasteiger partial charge < -0.3 is 4.98 Å². The van der Waals surface area contributed by atoms with E-state index in [9.17, 15) is 9.59 Å². The Kier molecular flexibility index (Phi) is 4.28. The number of rotatable bonds is 3. The highest BCUT2D eigenvalue weighted by Crippen LogP contribution is 2.32. The molecule has 5 nitrogen and oxygen atoms in total. The number of H-pyrrole nitrogens is 1. The SMILES string of the molecule is CC(C)c1ccc(N2C(=O)C[C@@H](N3CCc4c([nH]c5ccccc45)C3)C2=O)cc1. The number of nitrogens with zero attached hydrogens (tertiary/aromatic N) is 2. The van der Waals surface area contributed by atoms with Crippen LogP contribution in [0.2, 0.25) is 0 Å². The largest absolute Gasteiger partial charge is 0.357 e. The van der Waals surface area contributed by atoms with E-state index in [-0.39, 0.29) is 24.3 Å². The minimum atomic E-state index is -0.383. The van der Waals surface area contributed by atoms with Crippen LogP contribution in [0.5, 0.6) is 0 Å². The number of carbonyl (C=O) groups excluding carboxylic acids is 2. The van der Waals surface area contributed by atoms with E-state index in [0.717, 1.165) is 24.2 Å². The van der Waals surface area contributed by atoms with Crippen LogP contribution in [0.15, 0.2) is 48.5 Å². The van der Waals surface area contributed by atoms with Gasteiger partial charge in [-0.15, -0.1) is 0 Å². The third kappa shape index (κ3) is 2.97. The molecule has 0 unspecified atom stereocenters. The standard InChI is InChI=1S/C24H25N3O2/c1-15(2)16-7-9-17(10-8-16)27-23(28)13-22(24(27)29)26-12-11-19-18-5-3-4-6-20(18)25-21(19)14-26/h3-10,15,22,25H,11-14H2,1-2H3/t22-/m1/s1. The number of aromatic amines is 1.